The maximum absolute atomic E-state index is 12.9. The Balaban J connectivity index is 1.21. The molecule has 1 atom stereocenters. The quantitative estimate of drug-likeness (QED) is 0.573. The molecule has 0 radical (unpaired) electrons. The zero-order valence-electron chi connectivity index (χ0n) is 20.7. The Morgan fingerprint density at radius 3 is 2.14 bits per heavy atom. The Morgan fingerprint density at radius 2 is 1.49 bits per heavy atom. The van der Waals surface area contributed by atoms with Gasteiger partial charge in [-0.25, -0.2) is 0 Å². The smallest absolute Gasteiger partial charge is 0.234 e. The molecule has 0 bridgehead atoms. The molecule has 2 aromatic carbocycles. The van der Waals surface area contributed by atoms with E-state index in [1.807, 2.05) is 48.5 Å². The van der Waals surface area contributed by atoms with Gasteiger partial charge in [0.1, 0.15) is 13.2 Å². The molecule has 35 heavy (non-hydrogen) atoms. The second kappa shape index (κ2) is 12.0. The van der Waals surface area contributed by atoms with E-state index >= 15 is 0 Å². The zero-order chi connectivity index (χ0) is 24.6. The van der Waals surface area contributed by atoms with E-state index in [-0.39, 0.29) is 23.8 Å². The minimum Gasteiger partial charge on any atom is -0.486 e. The molecule has 2 aliphatic heterocycles. The van der Waals surface area contributed by atoms with Crippen molar-refractivity contribution in [2.75, 3.05) is 52.5 Å². The minimum absolute atomic E-state index is 0.00708. The summed E-state index contributed by atoms with van der Waals surface area (Å²) in [5.74, 6) is 1.75. The van der Waals surface area contributed by atoms with Gasteiger partial charge in [0.05, 0.1) is 19.1 Å². The summed E-state index contributed by atoms with van der Waals surface area (Å²) in [4.78, 5) is 29.5. The number of carbonyl (C=O) groups is 2. The average molecular weight is 481 g/mol. The van der Waals surface area contributed by atoms with E-state index in [1.54, 1.807) is 0 Å². The summed E-state index contributed by atoms with van der Waals surface area (Å²) in [7, 11) is 0. The predicted molar refractivity (Wildman–Crippen MR) is 134 cm³/mol. The van der Waals surface area contributed by atoms with E-state index < -0.39 is 0 Å². The van der Waals surface area contributed by atoms with Gasteiger partial charge >= 0.3 is 0 Å². The van der Waals surface area contributed by atoms with Crippen molar-refractivity contribution in [3.05, 3.63) is 59.7 Å². The van der Waals surface area contributed by atoms with Gasteiger partial charge in [-0.05, 0) is 29.2 Å². The molecule has 2 heterocycles. The van der Waals surface area contributed by atoms with E-state index in [0.717, 1.165) is 48.8 Å². The molecular weight excluding hydrogens is 444 g/mol. The van der Waals surface area contributed by atoms with Crippen molar-refractivity contribution in [2.24, 2.45) is 5.92 Å². The maximum atomic E-state index is 12.9. The number of piperazine rings is 1. The molecule has 2 N–H and O–H groups in total. The van der Waals surface area contributed by atoms with Crippen LogP contribution >= 0.6 is 0 Å². The van der Waals surface area contributed by atoms with Gasteiger partial charge in [-0.2, -0.15) is 0 Å². The highest BCUT2D eigenvalue weighted by molar-refractivity contribution is 5.79. The summed E-state index contributed by atoms with van der Waals surface area (Å²) >= 11 is 0. The molecule has 8 heteroatoms. The molecular formula is C27H36N4O4. The van der Waals surface area contributed by atoms with Crippen LogP contribution < -0.4 is 20.1 Å². The van der Waals surface area contributed by atoms with Crippen LogP contribution in [0, 0.1) is 5.92 Å². The van der Waals surface area contributed by atoms with Crippen molar-refractivity contribution in [3.63, 3.8) is 0 Å². The number of carbonyl (C=O) groups excluding carboxylic acids is 2. The van der Waals surface area contributed by atoms with Crippen LogP contribution in [0.2, 0.25) is 0 Å². The molecule has 2 amide bonds. The number of fused-ring (bicyclic) bond motifs is 1. The third-order valence-electron chi connectivity index (χ3n) is 6.44. The number of rotatable bonds is 9. The number of nitrogens with one attached hydrogen (secondary N) is 2. The first-order chi connectivity index (χ1) is 17.0. The van der Waals surface area contributed by atoms with E-state index in [4.69, 9.17) is 9.47 Å². The monoisotopic (exact) mass is 480 g/mol. The van der Waals surface area contributed by atoms with E-state index in [2.05, 4.69) is 34.3 Å². The summed E-state index contributed by atoms with van der Waals surface area (Å²) in [6.45, 7) is 9.62. The molecule has 0 aliphatic carbocycles. The zero-order valence-corrected chi connectivity index (χ0v) is 20.7. The Hall–Kier alpha value is -3.10. The molecule has 2 aliphatic rings. The minimum atomic E-state index is -0.104. The van der Waals surface area contributed by atoms with Gasteiger partial charge < -0.3 is 20.1 Å². The van der Waals surface area contributed by atoms with E-state index in [9.17, 15) is 9.59 Å². The SMILES string of the molecule is CC(C)C(NC(=O)CN1CCN(CC(=O)NCc2ccccc2)CC1)c1ccc2c(c1)OCCO2. The highest BCUT2D eigenvalue weighted by Gasteiger charge is 2.24. The number of benzene rings is 2. The van der Waals surface area contributed by atoms with Gasteiger partial charge in [-0.15, -0.1) is 0 Å². The van der Waals surface area contributed by atoms with Gasteiger partial charge in [0.2, 0.25) is 11.8 Å². The van der Waals surface area contributed by atoms with Crippen molar-refractivity contribution in [1.82, 2.24) is 20.4 Å². The number of nitrogens with zero attached hydrogens (tertiary/aromatic N) is 2. The standard InChI is InChI=1S/C27H36N4O4/c1-20(2)27(22-8-9-23-24(16-22)35-15-14-34-23)29-26(33)19-31-12-10-30(11-13-31)18-25(32)28-17-21-6-4-3-5-7-21/h3-9,16,20,27H,10-15,17-19H2,1-2H3,(H,28,32)(H,29,33). The fourth-order valence-electron chi connectivity index (χ4n) is 4.47. The molecule has 0 spiro atoms. The summed E-state index contributed by atoms with van der Waals surface area (Å²) in [6.07, 6.45) is 0. The fraction of sp³-hybridized carbons (Fsp3) is 0.481. The Bertz CT molecular complexity index is 990. The molecule has 188 valence electrons. The van der Waals surface area contributed by atoms with Crippen molar-refractivity contribution >= 4 is 11.8 Å². The summed E-state index contributed by atoms with van der Waals surface area (Å²) < 4.78 is 11.3. The van der Waals surface area contributed by atoms with Gasteiger partial charge in [0.25, 0.3) is 0 Å². The lowest BCUT2D eigenvalue weighted by atomic mass is 9.95. The third kappa shape index (κ3) is 7.19. The van der Waals surface area contributed by atoms with Gasteiger partial charge in [0, 0.05) is 32.7 Å². The van der Waals surface area contributed by atoms with Crippen LogP contribution in [0.15, 0.2) is 48.5 Å². The van der Waals surface area contributed by atoms with Crippen LogP contribution in [-0.2, 0) is 16.1 Å². The molecule has 1 fully saturated rings. The third-order valence-corrected chi connectivity index (χ3v) is 6.44. The first kappa shape index (κ1) is 25.0. The Morgan fingerprint density at radius 1 is 0.857 bits per heavy atom. The first-order valence-corrected chi connectivity index (χ1v) is 12.4. The number of hydrogen-bond donors (Lipinski definition) is 2. The highest BCUT2D eigenvalue weighted by atomic mass is 16.6. The van der Waals surface area contributed by atoms with Crippen LogP contribution in [0.1, 0.15) is 31.0 Å². The highest BCUT2D eigenvalue weighted by Crippen LogP contribution is 2.34. The second-order valence-corrected chi connectivity index (χ2v) is 9.51. The van der Waals surface area contributed by atoms with Crippen molar-refractivity contribution in [1.29, 1.82) is 0 Å². The number of hydrogen-bond acceptors (Lipinski definition) is 6. The van der Waals surface area contributed by atoms with Gasteiger partial charge in [-0.1, -0.05) is 50.2 Å². The van der Waals surface area contributed by atoms with E-state index in [1.165, 1.54) is 0 Å². The molecule has 8 nitrogen and oxygen atoms in total. The predicted octanol–water partition coefficient (Wildman–Crippen LogP) is 2.21. The van der Waals surface area contributed by atoms with Crippen molar-refractivity contribution < 1.29 is 19.1 Å². The summed E-state index contributed by atoms with van der Waals surface area (Å²) in [5, 5.41) is 6.19. The topological polar surface area (TPSA) is 83.1 Å². The van der Waals surface area contributed by atoms with Crippen LogP contribution in [0.4, 0.5) is 0 Å². The molecule has 0 aromatic heterocycles. The lowest BCUT2D eigenvalue weighted by Crippen LogP contribution is -2.51. The Kier molecular flexibility index (Phi) is 8.60. The largest absolute Gasteiger partial charge is 0.486 e. The average Bonchev–Trinajstić information content (AvgIpc) is 2.87. The van der Waals surface area contributed by atoms with Crippen molar-refractivity contribution in [3.8, 4) is 11.5 Å². The number of amides is 2. The van der Waals surface area contributed by atoms with Gasteiger partial charge in [0.15, 0.2) is 11.5 Å². The molecule has 2 aromatic rings. The molecule has 0 saturated carbocycles. The van der Waals surface area contributed by atoms with Gasteiger partial charge in [-0.3, -0.25) is 19.4 Å². The molecule has 1 saturated heterocycles. The van der Waals surface area contributed by atoms with Crippen LogP contribution in [0.5, 0.6) is 11.5 Å². The van der Waals surface area contributed by atoms with Crippen LogP contribution in [0.25, 0.3) is 0 Å². The van der Waals surface area contributed by atoms with E-state index in [0.29, 0.717) is 32.8 Å². The maximum Gasteiger partial charge on any atom is 0.234 e. The van der Waals surface area contributed by atoms with Crippen molar-refractivity contribution in [2.45, 2.75) is 26.4 Å². The number of ether oxygens (including phenoxy) is 2. The normalized spacial score (nSPS) is 17.1. The molecule has 1 unspecified atom stereocenters. The summed E-state index contributed by atoms with van der Waals surface area (Å²) in [6, 6.07) is 15.7. The Labute approximate surface area is 207 Å². The second-order valence-electron chi connectivity index (χ2n) is 9.51. The van der Waals surface area contributed by atoms with Crippen LogP contribution in [0.3, 0.4) is 0 Å². The first-order valence-electron chi connectivity index (χ1n) is 12.4. The lowest BCUT2D eigenvalue weighted by Gasteiger charge is -2.34. The fourth-order valence-corrected chi connectivity index (χ4v) is 4.47. The lowest BCUT2D eigenvalue weighted by molar-refractivity contribution is -0.125. The summed E-state index contributed by atoms with van der Waals surface area (Å²) in [5.41, 5.74) is 2.11. The molecule has 4 rings (SSSR count). The van der Waals surface area contributed by atoms with Crippen LogP contribution in [-0.4, -0.2) is 74.1 Å².